The molecule has 0 aliphatic carbocycles. The predicted octanol–water partition coefficient (Wildman–Crippen LogP) is 2.65. The molecule has 0 radical (unpaired) electrons. The van der Waals surface area contributed by atoms with Crippen LogP contribution in [0.4, 0.5) is 4.39 Å². The second kappa shape index (κ2) is 4.83. The third-order valence-corrected chi connectivity index (χ3v) is 2.96. The maximum atomic E-state index is 13.5. The van der Waals surface area contributed by atoms with E-state index in [1.54, 1.807) is 12.1 Å². The largest absolute Gasteiger partial charge is 0.487 e. The highest BCUT2D eigenvalue weighted by Crippen LogP contribution is 2.22. The van der Waals surface area contributed by atoms with Gasteiger partial charge >= 0.3 is 0 Å². The van der Waals surface area contributed by atoms with Crippen molar-refractivity contribution in [2.24, 2.45) is 0 Å². The molecule has 0 saturated carbocycles. The van der Waals surface area contributed by atoms with E-state index in [1.165, 1.54) is 6.07 Å². The van der Waals surface area contributed by atoms with Crippen molar-refractivity contribution in [3.63, 3.8) is 0 Å². The molecule has 0 bridgehead atoms. The van der Waals surface area contributed by atoms with Gasteiger partial charge in [0.15, 0.2) is 11.6 Å². The van der Waals surface area contributed by atoms with Crippen LogP contribution in [0.2, 0.25) is 0 Å². The monoisotopic (exact) mass is 223 g/mol. The Balaban J connectivity index is 2.05. The Bertz CT molecular complexity index is 367. The number of benzene rings is 1. The van der Waals surface area contributed by atoms with Crippen molar-refractivity contribution in [2.45, 2.75) is 38.8 Å². The first-order chi connectivity index (χ1) is 7.65. The lowest BCUT2D eigenvalue weighted by Crippen LogP contribution is -2.40. The first-order valence-corrected chi connectivity index (χ1v) is 5.81. The zero-order chi connectivity index (χ0) is 11.5. The molecule has 88 valence electrons. The van der Waals surface area contributed by atoms with Crippen molar-refractivity contribution in [3.8, 4) is 5.75 Å². The van der Waals surface area contributed by atoms with Gasteiger partial charge in [-0.05, 0) is 50.9 Å². The fourth-order valence-electron chi connectivity index (χ4n) is 2.07. The summed E-state index contributed by atoms with van der Waals surface area (Å²) in [6, 6.07) is 5.44. The van der Waals surface area contributed by atoms with Gasteiger partial charge in [-0.1, -0.05) is 6.07 Å². The van der Waals surface area contributed by atoms with Crippen molar-refractivity contribution in [1.82, 2.24) is 5.32 Å². The normalized spacial score (nSPS) is 25.4. The van der Waals surface area contributed by atoms with Crippen LogP contribution in [0.5, 0.6) is 5.75 Å². The minimum absolute atomic E-state index is 0.132. The molecule has 1 fully saturated rings. The summed E-state index contributed by atoms with van der Waals surface area (Å²) in [6.45, 7) is 5.01. The van der Waals surface area contributed by atoms with Gasteiger partial charge in [0.05, 0.1) is 0 Å². The smallest absolute Gasteiger partial charge is 0.165 e. The fourth-order valence-corrected chi connectivity index (χ4v) is 2.07. The van der Waals surface area contributed by atoms with Crippen LogP contribution in [0.25, 0.3) is 0 Å². The molecule has 16 heavy (non-hydrogen) atoms. The molecule has 2 nitrogen and oxygen atoms in total. The Morgan fingerprint density at radius 2 is 2.25 bits per heavy atom. The van der Waals surface area contributed by atoms with Gasteiger partial charge in [0.25, 0.3) is 0 Å². The Morgan fingerprint density at radius 1 is 1.44 bits per heavy atom. The van der Waals surface area contributed by atoms with Gasteiger partial charge in [-0.2, -0.15) is 0 Å². The molecule has 1 N–H and O–H groups in total. The van der Waals surface area contributed by atoms with E-state index in [4.69, 9.17) is 4.74 Å². The highest BCUT2D eigenvalue weighted by molar-refractivity contribution is 5.29. The van der Waals surface area contributed by atoms with Crippen LogP contribution in [0.15, 0.2) is 18.2 Å². The number of halogens is 1. The first kappa shape index (κ1) is 11.4. The van der Waals surface area contributed by atoms with Crippen LogP contribution in [-0.2, 0) is 0 Å². The van der Waals surface area contributed by atoms with Crippen LogP contribution >= 0.6 is 0 Å². The van der Waals surface area contributed by atoms with E-state index in [-0.39, 0.29) is 11.9 Å². The lowest BCUT2D eigenvalue weighted by atomic mass is 10.0. The summed E-state index contributed by atoms with van der Waals surface area (Å²) in [4.78, 5) is 0. The van der Waals surface area contributed by atoms with Crippen LogP contribution in [0, 0.1) is 12.7 Å². The maximum Gasteiger partial charge on any atom is 0.165 e. The standard InChI is InChI=1S/C13H18FNO/c1-9-3-4-12(14)13(7-9)16-11-5-6-15-10(2)8-11/h3-4,7,10-11,15H,5-6,8H2,1-2H3. The lowest BCUT2D eigenvalue weighted by Gasteiger charge is -2.28. The second-order valence-corrected chi connectivity index (χ2v) is 4.55. The molecule has 1 heterocycles. The topological polar surface area (TPSA) is 21.3 Å². The van der Waals surface area contributed by atoms with Crippen molar-refractivity contribution in [1.29, 1.82) is 0 Å². The summed E-state index contributed by atoms with van der Waals surface area (Å²) < 4.78 is 19.2. The molecular formula is C13H18FNO. The van der Waals surface area contributed by atoms with E-state index >= 15 is 0 Å². The summed E-state index contributed by atoms with van der Waals surface area (Å²) in [5, 5.41) is 3.35. The van der Waals surface area contributed by atoms with Crippen LogP contribution < -0.4 is 10.1 Å². The van der Waals surface area contributed by atoms with Gasteiger partial charge in [0.1, 0.15) is 6.10 Å². The first-order valence-electron chi connectivity index (χ1n) is 5.81. The van der Waals surface area contributed by atoms with Crippen molar-refractivity contribution < 1.29 is 9.13 Å². The van der Waals surface area contributed by atoms with E-state index in [2.05, 4.69) is 12.2 Å². The van der Waals surface area contributed by atoms with Gasteiger partial charge in [-0.15, -0.1) is 0 Å². The average molecular weight is 223 g/mol. The number of aryl methyl sites for hydroxylation is 1. The summed E-state index contributed by atoms with van der Waals surface area (Å²) >= 11 is 0. The van der Waals surface area contributed by atoms with E-state index in [1.807, 2.05) is 6.92 Å². The molecule has 2 atom stereocenters. The van der Waals surface area contributed by atoms with Crippen LogP contribution in [0.1, 0.15) is 25.3 Å². The number of hydrogen-bond acceptors (Lipinski definition) is 2. The molecular weight excluding hydrogens is 205 g/mol. The summed E-state index contributed by atoms with van der Waals surface area (Å²) in [6.07, 6.45) is 2.01. The van der Waals surface area contributed by atoms with E-state index in [0.29, 0.717) is 11.8 Å². The van der Waals surface area contributed by atoms with Gasteiger partial charge in [0.2, 0.25) is 0 Å². The molecule has 0 aromatic heterocycles. The Morgan fingerprint density at radius 3 is 3.00 bits per heavy atom. The number of hydrogen-bond donors (Lipinski definition) is 1. The molecule has 1 aromatic carbocycles. The number of ether oxygens (including phenoxy) is 1. The molecule has 1 aliphatic heterocycles. The lowest BCUT2D eigenvalue weighted by molar-refractivity contribution is 0.138. The SMILES string of the molecule is Cc1ccc(F)c(OC2CCNC(C)C2)c1. The quantitative estimate of drug-likeness (QED) is 0.832. The molecule has 1 saturated heterocycles. The van der Waals surface area contributed by atoms with E-state index in [0.717, 1.165) is 24.9 Å². The zero-order valence-corrected chi connectivity index (χ0v) is 9.79. The minimum Gasteiger partial charge on any atom is -0.487 e. The second-order valence-electron chi connectivity index (χ2n) is 4.55. The summed E-state index contributed by atoms with van der Waals surface area (Å²) in [5.41, 5.74) is 1.03. The van der Waals surface area contributed by atoms with Gasteiger partial charge in [-0.25, -0.2) is 4.39 Å². The predicted molar refractivity (Wildman–Crippen MR) is 62.3 cm³/mol. The summed E-state index contributed by atoms with van der Waals surface area (Å²) in [5.74, 6) is 0.121. The van der Waals surface area contributed by atoms with Gasteiger partial charge in [0, 0.05) is 6.04 Å². The molecule has 0 amide bonds. The third kappa shape index (κ3) is 2.73. The Hall–Kier alpha value is -1.09. The number of nitrogens with one attached hydrogen (secondary N) is 1. The number of rotatable bonds is 2. The highest BCUT2D eigenvalue weighted by Gasteiger charge is 2.20. The van der Waals surface area contributed by atoms with Crippen molar-refractivity contribution in [2.75, 3.05) is 6.54 Å². The molecule has 1 aliphatic rings. The molecule has 0 spiro atoms. The van der Waals surface area contributed by atoms with Crippen LogP contribution in [0.3, 0.4) is 0 Å². The minimum atomic E-state index is -0.267. The van der Waals surface area contributed by atoms with Crippen molar-refractivity contribution >= 4 is 0 Å². The summed E-state index contributed by atoms with van der Waals surface area (Å²) in [7, 11) is 0. The fraction of sp³-hybridized carbons (Fsp3) is 0.538. The molecule has 1 aromatic rings. The zero-order valence-electron chi connectivity index (χ0n) is 9.79. The van der Waals surface area contributed by atoms with E-state index in [9.17, 15) is 4.39 Å². The van der Waals surface area contributed by atoms with Crippen LogP contribution in [-0.4, -0.2) is 18.7 Å². The van der Waals surface area contributed by atoms with Crippen molar-refractivity contribution in [3.05, 3.63) is 29.6 Å². The third-order valence-electron chi connectivity index (χ3n) is 2.96. The highest BCUT2D eigenvalue weighted by atomic mass is 19.1. The molecule has 3 heteroatoms. The number of piperidine rings is 1. The molecule has 2 rings (SSSR count). The average Bonchev–Trinajstić information content (AvgIpc) is 2.24. The van der Waals surface area contributed by atoms with Gasteiger partial charge in [-0.3, -0.25) is 0 Å². The Labute approximate surface area is 95.8 Å². The maximum absolute atomic E-state index is 13.5. The molecule has 2 unspecified atom stereocenters. The Kier molecular flexibility index (Phi) is 3.44. The van der Waals surface area contributed by atoms with Gasteiger partial charge < -0.3 is 10.1 Å². The van der Waals surface area contributed by atoms with E-state index < -0.39 is 0 Å².